The van der Waals surface area contributed by atoms with Crippen LogP contribution in [0.15, 0.2) is 36.0 Å². The van der Waals surface area contributed by atoms with E-state index in [4.69, 9.17) is 0 Å². The molecule has 1 aliphatic heterocycles. The van der Waals surface area contributed by atoms with E-state index in [-0.39, 0.29) is 12.4 Å². The number of hydrogen-bond acceptors (Lipinski definition) is 7. The second-order valence-corrected chi connectivity index (χ2v) is 9.32. The van der Waals surface area contributed by atoms with E-state index in [1.807, 2.05) is 12.1 Å². The monoisotopic (exact) mass is 428 g/mol. The molecule has 0 spiro atoms. The lowest BCUT2D eigenvalue weighted by Gasteiger charge is -2.23. The minimum absolute atomic E-state index is 0.188. The topological polar surface area (TPSA) is 61.3 Å². The second kappa shape index (κ2) is 7.60. The van der Waals surface area contributed by atoms with Crippen molar-refractivity contribution in [3.8, 4) is 0 Å². The zero-order valence-electron chi connectivity index (χ0n) is 15.9. The van der Waals surface area contributed by atoms with Crippen LogP contribution in [0.5, 0.6) is 0 Å². The lowest BCUT2D eigenvalue weighted by Crippen LogP contribution is -2.31. The van der Waals surface area contributed by atoms with Crippen molar-refractivity contribution in [1.82, 2.24) is 14.9 Å². The van der Waals surface area contributed by atoms with Crippen molar-refractivity contribution in [1.29, 1.82) is 0 Å². The molecule has 2 atom stereocenters. The third kappa shape index (κ3) is 3.30. The van der Waals surface area contributed by atoms with Crippen LogP contribution < -0.4 is 5.32 Å². The van der Waals surface area contributed by atoms with E-state index in [2.05, 4.69) is 33.2 Å². The van der Waals surface area contributed by atoms with Crippen molar-refractivity contribution < 1.29 is 9.50 Å². The minimum Gasteiger partial charge on any atom is -0.395 e. The van der Waals surface area contributed by atoms with Gasteiger partial charge in [0.15, 0.2) is 5.82 Å². The number of halogens is 1. The first-order valence-corrected chi connectivity index (χ1v) is 11.4. The molecule has 4 aromatic rings. The van der Waals surface area contributed by atoms with Crippen LogP contribution >= 0.6 is 22.7 Å². The highest BCUT2D eigenvalue weighted by atomic mass is 32.1. The van der Waals surface area contributed by atoms with Gasteiger partial charge in [0.2, 0.25) is 0 Å². The number of thiazole rings is 1. The van der Waals surface area contributed by atoms with E-state index >= 15 is 0 Å². The zero-order chi connectivity index (χ0) is 20.0. The maximum Gasteiger partial charge on any atom is 0.173 e. The molecule has 2 N–H and O–H groups in total. The molecule has 5 rings (SSSR count). The van der Waals surface area contributed by atoms with Crippen LogP contribution in [0.25, 0.3) is 20.4 Å². The number of likely N-dealkylation sites (tertiary alicyclic amines) is 1. The quantitative estimate of drug-likeness (QED) is 0.471. The fourth-order valence-electron chi connectivity index (χ4n) is 4.22. The molecule has 8 heteroatoms. The summed E-state index contributed by atoms with van der Waals surface area (Å²) in [6.45, 7) is 4.13. The zero-order valence-corrected chi connectivity index (χ0v) is 17.6. The summed E-state index contributed by atoms with van der Waals surface area (Å²) in [5.41, 5.74) is 3.34. The van der Waals surface area contributed by atoms with Gasteiger partial charge < -0.3 is 10.4 Å². The van der Waals surface area contributed by atoms with Crippen LogP contribution in [-0.4, -0.2) is 45.7 Å². The van der Waals surface area contributed by atoms with E-state index in [1.54, 1.807) is 29.1 Å². The fourth-order valence-corrected chi connectivity index (χ4v) is 6.15. The van der Waals surface area contributed by atoms with Gasteiger partial charge in [-0.25, -0.2) is 14.4 Å². The van der Waals surface area contributed by atoms with Gasteiger partial charge in [-0.05, 0) is 44.2 Å². The summed E-state index contributed by atoms with van der Waals surface area (Å²) >= 11 is 3.14. The largest absolute Gasteiger partial charge is 0.395 e. The van der Waals surface area contributed by atoms with Gasteiger partial charge in [0, 0.05) is 35.0 Å². The Morgan fingerprint density at radius 2 is 2.17 bits per heavy atom. The van der Waals surface area contributed by atoms with Gasteiger partial charge in [0.25, 0.3) is 0 Å². The lowest BCUT2D eigenvalue weighted by atomic mass is 9.99. The Labute approximate surface area is 175 Å². The molecule has 0 aliphatic carbocycles. The molecule has 150 valence electrons. The average Bonchev–Trinajstić information content (AvgIpc) is 3.43. The first-order valence-electron chi connectivity index (χ1n) is 9.68. The predicted molar refractivity (Wildman–Crippen MR) is 118 cm³/mol. The average molecular weight is 429 g/mol. The van der Waals surface area contributed by atoms with Gasteiger partial charge in [0.1, 0.15) is 10.3 Å². The lowest BCUT2D eigenvalue weighted by molar-refractivity contribution is 0.188. The predicted octanol–water partition coefficient (Wildman–Crippen LogP) is 4.96. The molecule has 1 saturated heterocycles. The summed E-state index contributed by atoms with van der Waals surface area (Å²) < 4.78 is 15.7. The molecule has 0 radical (unpaired) electrons. The molecule has 1 aromatic carbocycles. The standard InChI is InChI=1S/C21H21FN4OS2/c1-12-13(5-7-26(12)8-9-27)18-10-14-15(4-6-23-21(14)29-18)25-16-2-3-17-20(19(16)22)24-11-28-17/h2-4,6,10-13,27H,5,7-9H2,1H3,(H,23,25)/t12-,13+/m1/s1. The molecule has 0 amide bonds. The number of thiophene rings is 1. The number of anilines is 2. The third-order valence-corrected chi connectivity index (χ3v) is 7.77. The maximum atomic E-state index is 14.8. The highest BCUT2D eigenvalue weighted by Crippen LogP contribution is 2.41. The molecule has 0 saturated carbocycles. The van der Waals surface area contributed by atoms with Gasteiger partial charge in [-0.3, -0.25) is 4.90 Å². The number of nitrogens with one attached hydrogen (secondary N) is 1. The Kier molecular flexibility index (Phi) is 4.95. The van der Waals surface area contributed by atoms with Crippen LogP contribution in [-0.2, 0) is 0 Å². The molecule has 3 aromatic heterocycles. The first-order chi connectivity index (χ1) is 14.2. The SMILES string of the molecule is C[C@@H]1[C@@H](c2cc3c(Nc4ccc5scnc5c4F)ccnc3s2)CCN1CCO. The summed E-state index contributed by atoms with van der Waals surface area (Å²) in [6.07, 6.45) is 2.84. The number of fused-ring (bicyclic) bond motifs is 2. The molecular formula is C21H21FN4OS2. The summed E-state index contributed by atoms with van der Waals surface area (Å²) in [7, 11) is 0. The van der Waals surface area contributed by atoms with Gasteiger partial charge in [-0.15, -0.1) is 22.7 Å². The molecule has 4 heterocycles. The molecule has 0 unspecified atom stereocenters. The van der Waals surface area contributed by atoms with Crippen LogP contribution in [0, 0.1) is 5.82 Å². The van der Waals surface area contributed by atoms with Crippen LogP contribution in [0.4, 0.5) is 15.8 Å². The number of rotatable bonds is 5. The van der Waals surface area contributed by atoms with Crippen molar-refractivity contribution in [2.75, 3.05) is 25.0 Å². The number of β-amino-alcohol motifs (C(OH)–C–C–N with tert-alkyl or cyclic N) is 1. The smallest absolute Gasteiger partial charge is 0.173 e. The Bertz CT molecular complexity index is 1170. The maximum absolute atomic E-state index is 14.8. The van der Waals surface area contributed by atoms with E-state index in [9.17, 15) is 9.50 Å². The number of aromatic nitrogens is 2. The van der Waals surface area contributed by atoms with Crippen molar-refractivity contribution >= 4 is 54.5 Å². The molecule has 0 bridgehead atoms. The van der Waals surface area contributed by atoms with Crippen molar-refractivity contribution in [3.63, 3.8) is 0 Å². The Balaban J connectivity index is 1.48. The Hall–Kier alpha value is -2.13. The molecule has 1 aliphatic rings. The number of aliphatic hydroxyl groups is 1. The minimum atomic E-state index is -0.326. The first kappa shape index (κ1) is 18.9. The number of hydrogen-bond donors (Lipinski definition) is 2. The number of benzene rings is 1. The van der Waals surface area contributed by atoms with Crippen molar-refractivity contribution in [2.45, 2.75) is 25.3 Å². The van der Waals surface area contributed by atoms with Crippen LogP contribution in [0.1, 0.15) is 24.1 Å². The van der Waals surface area contributed by atoms with Crippen molar-refractivity contribution in [2.24, 2.45) is 0 Å². The van der Waals surface area contributed by atoms with E-state index in [0.717, 1.165) is 33.6 Å². The third-order valence-electron chi connectivity index (χ3n) is 5.80. The Morgan fingerprint density at radius 3 is 3.03 bits per heavy atom. The van der Waals surface area contributed by atoms with Gasteiger partial charge >= 0.3 is 0 Å². The summed E-state index contributed by atoms with van der Waals surface area (Å²) in [4.78, 5) is 13.3. The molecular weight excluding hydrogens is 407 g/mol. The second-order valence-electron chi connectivity index (χ2n) is 7.37. The molecule has 5 nitrogen and oxygen atoms in total. The fraction of sp³-hybridized carbons (Fsp3) is 0.333. The van der Waals surface area contributed by atoms with Crippen LogP contribution in [0.2, 0.25) is 0 Å². The van der Waals surface area contributed by atoms with Gasteiger partial charge in [-0.1, -0.05) is 0 Å². The number of aliphatic hydroxyl groups excluding tert-OH is 1. The van der Waals surface area contributed by atoms with E-state index in [1.165, 1.54) is 16.2 Å². The summed E-state index contributed by atoms with van der Waals surface area (Å²) in [6, 6.07) is 8.13. The summed E-state index contributed by atoms with van der Waals surface area (Å²) in [5.74, 6) is 0.102. The molecule has 1 fully saturated rings. The Morgan fingerprint density at radius 1 is 1.28 bits per heavy atom. The van der Waals surface area contributed by atoms with E-state index in [0.29, 0.717) is 29.7 Å². The van der Waals surface area contributed by atoms with E-state index < -0.39 is 0 Å². The van der Waals surface area contributed by atoms with Crippen molar-refractivity contribution in [3.05, 3.63) is 46.7 Å². The van der Waals surface area contributed by atoms with Gasteiger partial charge in [-0.2, -0.15) is 0 Å². The summed E-state index contributed by atoms with van der Waals surface area (Å²) in [5, 5.41) is 13.5. The van der Waals surface area contributed by atoms with Crippen LogP contribution in [0.3, 0.4) is 0 Å². The van der Waals surface area contributed by atoms with Gasteiger partial charge in [0.05, 0.1) is 28.2 Å². The molecule has 29 heavy (non-hydrogen) atoms. The number of pyridine rings is 1. The highest BCUT2D eigenvalue weighted by molar-refractivity contribution is 7.18. The number of nitrogens with zero attached hydrogens (tertiary/aromatic N) is 3. The normalized spacial score (nSPS) is 20.1. The highest BCUT2D eigenvalue weighted by Gasteiger charge is 2.32.